The zero-order chi connectivity index (χ0) is 23.1. The average molecular weight is 455 g/mol. The second-order valence-corrected chi connectivity index (χ2v) is 11.2. The minimum atomic E-state index is -3.59. The van der Waals surface area contributed by atoms with Crippen molar-refractivity contribution in [1.29, 1.82) is 0 Å². The SMILES string of the molecule is Cc1cc(C(C)(C)C)cc(C)c1S(=O)(=O)N1CCN(c2nnnn2-c2ccccc2)CC1. The molecule has 2 heterocycles. The molecular weight excluding hydrogens is 424 g/mol. The maximum Gasteiger partial charge on any atom is 0.250 e. The molecule has 0 amide bonds. The van der Waals surface area contributed by atoms with Crippen LogP contribution in [-0.4, -0.2) is 59.1 Å². The highest BCUT2D eigenvalue weighted by molar-refractivity contribution is 7.89. The molecule has 1 aliphatic rings. The lowest BCUT2D eigenvalue weighted by Crippen LogP contribution is -2.49. The van der Waals surface area contributed by atoms with Crippen molar-refractivity contribution in [2.75, 3.05) is 31.1 Å². The second kappa shape index (κ2) is 8.29. The molecule has 32 heavy (non-hydrogen) atoms. The fraction of sp³-hybridized carbons (Fsp3) is 0.435. The van der Waals surface area contributed by atoms with Gasteiger partial charge in [0, 0.05) is 26.2 Å². The van der Waals surface area contributed by atoms with Crippen LogP contribution in [0.15, 0.2) is 47.4 Å². The number of sulfonamides is 1. The van der Waals surface area contributed by atoms with Gasteiger partial charge in [-0.05, 0) is 58.5 Å². The van der Waals surface area contributed by atoms with E-state index in [2.05, 4.69) is 36.3 Å². The van der Waals surface area contributed by atoms with Crippen molar-refractivity contribution in [3.05, 3.63) is 59.2 Å². The molecule has 9 heteroatoms. The first-order valence-corrected chi connectivity index (χ1v) is 12.2. The highest BCUT2D eigenvalue weighted by Crippen LogP contribution is 2.31. The van der Waals surface area contributed by atoms with Crippen molar-refractivity contribution in [1.82, 2.24) is 24.5 Å². The summed E-state index contributed by atoms with van der Waals surface area (Å²) in [6.07, 6.45) is 0. The molecule has 2 aromatic carbocycles. The Morgan fingerprint density at radius 1 is 0.906 bits per heavy atom. The number of anilines is 1. The molecule has 1 saturated heterocycles. The van der Waals surface area contributed by atoms with E-state index in [0.29, 0.717) is 37.0 Å². The summed E-state index contributed by atoms with van der Waals surface area (Å²) in [6, 6.07) is 13.7. The van der Waals surface area contributed by atoms with E-state index in [1.807, 2.05) is 61.2 Å². The van der Waals surface area contributed by atoms with E-state index in [-0.39, 0.29) is 5.41 Å². The molecule has 3 aromatic rings. The quantitative estimate of drug-likeness (QED) is 0.602. The Morgan fingerprint density at radius 2 is 1.50 bits per heavy atom. The Labute approximate surface area is 189 Å². The van der Waals surface area contributed by atoms with Gasteiger partial charge < -0.3 is 4.90 Å². The number of tetrazole rings is 1. The molecule has 0 aliphatic carbocycles. The Hall–Kier alpha value is -2.78. The molecule has 0 spiro atoms. The Balaban J connectivity index is 1.55. The summed E-state index contributed by atoms with van der Waals surface area (Å²) in [5, 5.41) is 12.1. The van der Waals surface area contributed by atoms with Crippen molar-refractivity contribution < 1.29 is 8.42 Å². The standard InChI is InChI=1S/C23H30N6O2S/c1-17-15-19(23(3,4)5)16-18(2)21(17)32(30,31)28-13-11-27(12-14-28)22-24-25-26-29(22)20-9-7-6-8-10-20/h6-10,15-16H,11-14H2,1-5H3. The normalized spacial score (nSPS) is 15.8. The fourth-order valence-corrected chi connectivity index (χ4v) is 6.00. The lowest BCUT2D eigenvalue weighted by Gasteiger charge is -2.34. The molecule has 0 N–H and O–H groups in total. The number of aromatic nitrogens is 4. The van der Waals surface area contributed by atoms with Crippen LogP contribution < -0.4 is 4.90 Å². The Bertz CT molecular complexity index is 1180. The highest BCUT2D eigenvalue weighted by atomic mass is 32.2. The largest absolute Gasteiger partial charge is 0.337 e. The molecule has 1 fully saturated rings. The molecule has 8 nitrogen and oxygen atoms in total. The van der Waals surface area contributed by atoms with Gasteiger partial charge in [0.1, 0.15) is 0 Å². The smallest absolute Gasteiger partial charge is 0.250 e. The van der Waals surface area contributed by atoms with E-state index in [0.717, 1.165) is 22.4 Å². The van der Waals surface area contributed by atoms with Gasteiger partial charge in [0.05, 0.1) is 10.6 Å². The molecular formula is C23H30N6O2S. The summed E-state index contributed by atoms with van der Waals surface area (Å²) in [5.41, 5.74) is 3.57. The average Bonchev–Trinajstić information content (AvgIpc) is 3.23. The van der Waals surface area contributed by atoms with E-state index in [1.165, 1.54) is 0 Å². The summed E-state index contributed by atoms with van der Waals surface area (Å²) < 4.78 is 30.3. The van der Waals surface area contributed by atoms with Crippen LogP contribution in [0.5, 0.6) is 0 Å². The van der Waals surface area contributed by atoms with Crippen molar-refractivity contribution in [2.24, 2.45) is 0 Å². The van der Waals surface area contributed by atoms with Crippen molar-refractivity contribution in [2.45, 2.75) is 44.9 Å². The topological polar surface area (TPSA) is 84.2 Å². The minimum Gasteiger partial charge on any atom is -0.337 e. The number of aryl methyl sites for hydroxylation is 2. The number of piperazine rings is 1. The van der Waals surface area contributed by atoms with E-state index < -0.39 is 10.0 Å². The maximum absolute atomic E-state index is 13.5. The zero-order valence-electron chi connectivity index (χ0n) is 19.3. The number of hydrogen-bond acceptors (Lipinski definition) is 6. The molecule has 170 valence electrons. The third-order valence-electron chi connectivity index (χ3n) is 5.90. The van der Waals surface area contributed by atoms with Gasteiger partial charge in [-0.15, -0.1) is 0 Å². The molecule has 0 radical (unpaired) electrons. The summed E-state index contributed by atoms with van der Waals surface area (Å²) in [4.78, 5) is 2.45. The summed E-state index contributed by atoms with van der Waals surface area (Å²) in [5.74, 6) is 0.620. The van der Waals surface area contributed by atoms with Crippen molar-refractivity contribution in [3.63, 3.8) is 0 Å². The lowest BCUT2D eigenvalue weighted by atomic mass is 9.85. The number of nitrogens with zero attached hydrogens (tertiary/aromatic N) is 6. The maximum atomic E-state index is 13.5. The minimum absolute atomic E-state index is 0.0355. The van der Waals surface area contributed by atoms with Gasteiger partial charge in [0.2, 0.25) is 16.0 Å². The van der Waals surface area contributed by atoms with E-state index >= 15 is 0 Å². The molecule has 0 unspecified atom stereocenters. The van der Waals surface area contributed by atoms with E-state index in [9.17, 15) is 8.42 Å². The van der Waals surface area contributed by atoms with Crippen LogP contribution >= 0.6 is 0 Å². The van der Waals surface area contributed by atoms with Gasteiger partial charge in [-0.3, -0.25) is 0 Å². The summed E-state index contributed by atoms with van der Waals surface area (Å²) in [6.45, 7) is 12.0. The van der Waals surface area contributed by atoms with Gasteiger partial charge in [0.25, 0.3) is 0 Å². The van der Waals surface area contributed by atoms with Crippen LogP contribution in [0.25, 0.3) is 5.69 Å². The first kappa shape index (κ1) is 22.4. The van der Waals surface area contributed by atoms with Crippen molar-refractivity contribution >= 4 is 16.0 Å². The van der Waals surface area contributed by atoms with Crippen LogP contribution in [0.4, 0.5) is 5.95 Å². The van der Waals surface area contributed by atoms with Gasteiger partial charge in [-0.2, -0.15) is 8.99 Å². The molecule has 0 saturated carbocycles. The highest BCUT2D eigenvalue weighted by Gasteiger charge is 2.33. The van der Waals surface area contributed by atoms with E-state index in [1.54, 1.807) is 8.99 Å². The monoisotopic (exact) mass is 454 g/mol. The predicted octanol–water partition coefficient (Wildman–Crippen LogP) is 3.09. The lowest BCUT2D eigenvalue weighted by molar-refractivity contribution is 0.381. The first-order chi connectivity index (χ1) is 15.1. The van der Waals surface area contributed by atoms with Gasteiger partial charge in [-0.25, -0.2) is 8.42 Å². The molecule has 0 bridgehead atoms. The third kappa shape index (κ3) is 4.14. The van der Waals surface area contributed by atoms with Gasteiger partial charge >= 0.3 is 0 Å². The third-order valence-corrected chi connectivity index (χ3v) is 8.10. The fourth-order valence-electron chi connectivity index (χ4n) is 4.16. The number of benzene rings is 2. The van der Waals surface area contributed by atoms with Crippen LogP contribution in [0.2, 0.25) is 0 Å². The van der Waals surface area contributed by atoms with Crippen LogP contribution in [0, 0.1) is 13.8 Å². The van der Waals surface area contributed by atoms with E-state index in [4.69, 9.17) is 0 Å². The van der Waals surface area contributed by atoms with Crippen LogP contribution in [-0.2, 0) is 15.4 Å². The molecule has 4 rings (SSSR count). The molecule has 1 aliphatic heterocycles. The predicted molar refractivity (Wildman–Crippen MR) is 125 cm³/mol. The van der Waals surface area contributed by atoms with Crippen LogP contribution in [0.3, 0.4) is 0 Å². The first-order valence-electron chi connectivity index (χ1n) is 10.8. The second-order valence-electron chi connectivity index (χ2n) is 9.31. The number of hydrogen-bond donors (Lipinski definition) is 0. The van der Waals surface area contributed by atoms with Gasteiger partial charge in [0.15, 0.2) is 0 Å². The Morgan fingerprint density at radius 3 is 2.06 bits per heavy atom. The summed E-state index contributed by atoms with van der Waals surface area (Å²) >= 11 is 0. The van der Waals surface area contributed by atoms with Gasteiger partial charge in [-0.1, -0.05) is 56.2 Å². The number of para-hydroxylation sites is 1. The van der Waals surface area contributed by atoms with Crippen molar-refractivity contribution in [3.8, 4) is 5.69 Å². The Kier molecular flexibility index (Phi) is 5.81. The molecule has 0 atom stereocenters. The summed E-state index contributed by atoms with van der Waals surface area (Å²) in [7, 11) is -3.59. The van der Waals surface area contributed by atoms with Crippen LogP contribution in [0.1, 0.15) is 37.5 Å². The number of rotatable bonds is 4. The molecule has 1 aromatic heterocycles. The zero-order valence-corrected chi connectivity index (χ0v) is 20.1.